The molecule has 0 spiro atoms. The van der Waals surface area contributed by atoms with Gasteiger partial charge in [-0.05, 0) is 42.5 Å². The van der Waals surface area contributed by atoms with Crippen molar-refractivity contribution in [2.45, 2.75) is 19.3 Å². The average molecular weight is 561 g/mol. The van der Waals surface area contributed by atoms with Crippen LogP contribution in [0.5, 0.6) is 0 Å². The molecule has 2 aromatic carbocycles. The van der Waals surface area contributed by atoms with E-state index in [1.165, 1.54) is 0 Å². The van der Waals surface area contributed by atoms with Crippen molar-refractivity contribution in [1.82, 2.24) is 20.1 Å². The van der Waals surface area contributed by atoms with Gasteiger partial charge in [0.2, 0.25) is 0 Å². The first kappa shape index (κ1) is 23.1. The minimum Gasteiger partial charge on any atom is -0.352 e. The fourth-order valence-corrected chi connectivity index (χ4v) is 4.51. The van der Waals surface area contributed by atoms with Crippen LogP contribution in [-0.2, 0) is 11.3 Å². The third-order valence-electron chi connectivity index (χ3n) is 5.53. The van der Waals surface area contributed by atoms with Crippen molar-refractivity contribution in [2.75, 3.05) is 11.9 Å². The van der Waals surface area contributed by atoms with Crippen molar-refractivity contribution in [1.29, 1.82) is 0 Å². The minimum atomic E-state index is -0.431. The van der Waals surface area contributed by atoms with E-state index in [4.69, 9.17) is 28.0 Å². The number of aromatic nitrogens is 3. The summed E-state index contributed by atoms with van der Waals surface area (Å²) in [4.78, 5) is 18.6. The Hall–Kier alpha value is -2.65. The zero-order valence-corrected chi connectivity index (χ0v) is 21.0. The SMILES string of the molecule is O=C(NOCC1CC1)c1cn2c(Cc3ccccc3)nnc2c(Cl)c1Nc1ccc(Br)cc1Cl. The van der Waals surface area contributed by atoms with Crippen LogP contribution in [0.4, 0.5) is 11.4 Å². The third kappa shape index (κ3) is 5.05. The van der Waals surface area contributed by atoms with Crippen LogP contribution in [0.3, 0.4) is 0 Å². The molecule has 5 rings (SSSR count). The summed E-state index contributed by atoms with van der Waals surface area (Å²) < 4.78 is 2.57. The molecule has 0 aliphatic heterocycles. The van der Waals surface area contributed by atoms with Gasteiger partial charge in [-0.15, -0.1) is 10.2 Å². The molecule has 1 fully saturated rings. The number of carbonyl (C=O) groups is 1. The molecule has 0 unspecified atom stereocenters. The number of rotatable bonds is 8. The van der Waals surface area contributed by atoms with Crippen molar-refractivity contribution >= 4 is 62.1 Å². The number of nitrogens with zero attached hydrogens (tertiary/aromatic N) is 3. The molecule has 0 radical (unpaired) electrons. The quantitative estimate of drug-likeness (QED) is 0.251. The van der Waals surface area contributed by atoms with Crippen molar-refractivity contribution in [3.8, 4) is 0 Å². The Bertz CT molecular complexity index is 1360. The van der Waals surface area contributed by atoms with Crippen LogP contribution < -0.4 is 10.8 Å². The Morgan fingerprint density at radius 1 is 1.15 bits per heavy atom. The topological polar surface area (TPSA) is 80.5 Å². The van der Waals surface area contributed by atoms with E-state index >= 15 is 0 Å². The van der Waals surface area contributed by atoms with Gasteiger partial charge in [-0.3, -0.25) is 14.0 Å². The van der Waals surface area contributed by atoms with Crippen LogP contribution in [0.1, 0.15) is 34.6 Å². The van der Waals surface area contributed by atoms with Crippen LogP contribution in [0, 0.1) is 5.92 Å². The highest BCUT2D eigenvalue weighted by molar-refractivity contribution is 9.10. The third-order valence-corrected chi connectivity index (χ3v) is 6.70. The Morgan fingerprint density at radius 2 is 1.94 bits per heavy atom. The summed E-state index contributed by atoms with van der Waals surface area (Å²) >= 11 is 16.6. The van der Waals surface area contributed by atoms with E-state index in [1.807, 2.05) is 36.4 Å². The number of hydrogen-bond acceptors (Lipinski definition) is 5. The molecule has 1 aliphatic carbocycles. The van der Waals surface area contributed by atoms with E-state index in [2.05, 4.69) is 36.9 Å². The van der Waals surface area contributed by atoms with Gasteiger partial charge in [0.15, 0.2) is 5.65 Å². The standard InChI is InChI=1S/C24H20BrCl2N5O2/c25-16-8-9-19(18(26)11-16)28-22-17(24(33)31-34-13-15-6-7-15)12-32-20(29-30-23(32)21(22)27)10-14-4-2-1-3-5-14/h1-5,8-9,11-12,15,28H,6-7,10,13H2,(H,31,33). The number of hydroxylamine groups is 1. The lowest BCUT2D eigenvalue weighted by Gasteiger charge is -2.16. The minimum absolute atomic E-state index is 0.251. The highest BCUT2D eigenvalue weighted by Crippen LogP contribution is 2.36. The number of fused-ring (bicyclic) bond motifs is 1. The fraction of sp³-hybridized carbons (Fsp3) is 0.208. The van der Waals surface area contributed by atoms with Gasteiger partial charge in [0, 0.05) is 17.1 Å². The molecule has 2 heterocycles. The molecule has 2 N–H and O–H groups in total. The molecule has 1 aliphatic rings. The summed E-state index contributed by atoms with van der Waals surface area (Å²) in [5.74, 6) is 0.727. The smallest absolute Gasteiger partial charge is 0.278 e. The number of pyridine rings is 1. The predicted molar refractivity (Wildman–Crippen MR) is 136 cm³/mol. The molecule has 0 atom stereocenters. The second kappa shape index (κ2) is 9.92. The fourth-order valence-electron chi connectivity index (χ4n) is 3.52. The normalized spacial score (nSPS) is 13.3. The number of anilines is 2. The molecule has 7 nitrogen and oxygen atoms in total. The van der Waals surface area contributed by atoms with Gasteiger partial charge in [0.05, 0.1) is 28.6 Å². The van der Waals surface area contributed by atoms with E-state index in [9.17, 15) is 4.79 Å². The largest absolute Gasteiger partial charge is 0.352 e. The van der Waals surface area contributed by atoms with E-state index in [-0.39, 0.29) is 10.6 Å². The van der Waals surface area contributed by atoms with Crippen LogP contribution in [0.25, 0.3) is 5.65 Å². The number of benzene rings is 2. The summed E-state index contributed by atoms with van der Waals surface area (Å²) in [5, 5.41) is 12.5. The number of carbonyl (C=O) groups excluding carboxylic acids is 1. The summed E-state index contributed by atoms with van der Waals surface area (Å²) in [6, 6.07) is 15.3. The van der Waals surface area contributed by atoms with Gasteiger partial charge in [0.1, 0.15) is 10.8 Å². The van der Waals surface area contributed by atoms with E-state index in [0.29, 0.717) is 46.8 Å². The number of amides is 1. The number of halogens is 3. The van der Waals surface area contributed by atoms with Crippen molar-refractivity contribution in [2.24, 2.45) is 5.92 Å². The first-order chi connectivity index (χ1) is 16.5. The van der Waals surface area contributed by atoms with Gasteiger partial charge < -0.3 is 5.32 Å². The van der Waals surface area contributed by atoms with E-state index in [0.717, 1.165) is 22.9 Å². The molecule has 10 heteroatoms. The summed E-state index contributed by atoms with van der Waals surface area (Å²) in [6.07, 6.45) is 4.44. The number of nitrogens with one attached hydrogen (secondary N) is 2. The molecule has 174 valence electrons. The van der Waals surface area contributed by atoms with Crippen LogP contribution in [0.2, 0.25) is 10.0 Å². The van der Waals surface area contributed by atoms with Crippen molar-refractivity contribution < 1.29 is 9.63 Å². The summed E-state index contributed by atoms with van der Waals surface area (Å²) in [5.41, 5.74) is 5.27. The molecule has 34 heavy (non-hydrogen) atoms. The predicted octanol–water partition coefficient (Wildman–Crippen LogP) is 6.20. The monoisotopic (exact) mass is 559 g/mol. The van der Waals surface area contributed by atoms with Crippen molar-refractivity contribution in [3.05, 3.63) is 86.2 Å². The molecular weight excluding hydrogens is 541 g/mol. The van der Waals surface area contributed by atoms with Crippen LogP contribution in [-0.4, -0.2) is 27.1 Å². The zero-order chi connectivity index (χ0) is 23.7. The lowest BCUT2D eigenvalue weighted by Crippen LogP contribution is -2.26. The van der Waals surface area contributed by atoms with Gasteiger partial charge in [-0.25, -0.2) is 5.48 Å². The van der Waals surface area contributed by atoms with Gasteiger partial charge in [-0.1, -0.05) is 69.5 Å². The summed E-state index contributed by atoms with van der Waals surface area (Å²) in [6.45, 7) is 0.481. The lowest BCUT2D eigenvalue weighted by molar-refractivity contribution is 0.0270. The van der Waals surface area contributed by atoms with Gasteiger partial charge in [0.25, 0.3) is 5.91 Å². The Labute approximate surface area is 214 Å². The number of hydrogen-bond donors (Lipinski definition) is 2. The second-order valence-corrected chi connectivity index (χ2v) is 9.84. The maximum atomic E-state index is 13.2. The molecule has 0 saturated heterocycles. The zero-order valence-electron chi connectivity index (χ0n) is 17.9. The van der Waals surface area contributed by atoms with Gasteiger partial charge >= 0.3 is 0 Å². The van der Waals surface area contributed by atoms with Crippen LogP contribution >= 0.6 is 39.1 Å². The van der Waals surface area contributed by atoms with E-state index < -0.39 is 5.91 Å². The molecule has 2 aromatic heterocycles. The van der Waals surface area contributed by atoms with Crippen molar-refractivity contribution in [3.63, 3.8) is 0 Å². The second-order valence-electron chi connectivity index (χ2n) is 8.14. The molecular formula is C24H20BrCl2N5O2. The average Bonchev–Trinajstić information content (AvgIpc) is 3.57. The molecule has 1 amide bonds. The lowest BCUT2D eigenvalue weighted by atomic mass is 10.1. The first-order valence-electron chi connectivity index (χ1n) is 10.7. The molecule has 0 bridgehead atoms. The molecule has 4 aromatic rings. The van der Waals surface area contributed by atoms with Gasteiger partial charge in [-0.2, -0.15) is 0 Å². The first-order valence-corrected chi connectivity index (χ1v) is 12.3. The van der Waals surface area contributed by atoms with E-state index in [1.54, 1.807) is 22.7 Å². The summed E-state index contributed by atoms with van der Waals surface area (Å²) in [7, 11) is 0. The Morgan fingerprint density at radius 3 is 2.68 bits per heavy atom. The Balaban J connectivity index is 1.55. The highest BCUT2D eigenvalue weighted by Gasteiger charge is 2.24. The highest BCUT2D eigenvalue weighted by atomic mass is 79.9. The van der Waals surface area contributed by atoms with Crippen LogP contribution in [0.15, 0.2) is 59.2 Å². The maximum absolute atomic E-state index is 13.2. The maximum Gasteiger partial charge on any atom is 0.278 e. The molecule has 1 saturated carbocycles. The Kier molecular flexibility index (Phi) is 6.74.